The van der Waals surface area contributed by atoms with Gasteiger partial charge in [0.2, 0.25) is 0 Å². The SMILES string of the molecule is Cc1ccccc1C(=O)NC(C(=O)O)c1ccc(F)c(F)c1. The first kappa shape index (κ1) is 15.6. The zero-order chi connectivity index (χ0) is 16.3. The second-order valence-electron chi connectivity index (χ2n) is 4.73. The lowest BCUT2D eigenvalue weighted by molar-refractivity contribution is -0.139. The van der Waals surface area contributed by atoms with Crippen LogP contribution in [0.4, 0.5) is 8.78 Å². The fourth-order valence-electron chi connectivity index (χ4n) is 2.02. The van der Waals surface area contributed by atoms with Gasteiger partial charge in [0.25, 0.3) is 5.91 Å². The standard InChI is InChI=1S/C16H13F2NO3/c1-9-4-2-3-5-11(9)15(20)19-14(16(21)22)10-6-7-12(17)13(18)8-10/h2-8,14H,1H3,(H,19,20)(H,21,22). The van der Waals surface area contributed by atoms with Crippen LogP contribution >= 0.6 is 0 Å². The number of aryl methyl sites for hydroxylation is 1. The number of benzene rings is 2. The van der Waals surface area contributed by atoms with E-state index in [2.05, 4.69) is 5.32 Å². The molecule has 22 heavy (non-hydrogen) atoms. The third-order valence-corrected chi connectivity index (χ3v) is 3.19. The molecular formula is C16H13F2NO3. The summed E-state index contributed by atoms with van der Waals surface area (Å²) in [6, 6.07) is 7.88. The van der Waals surface area contributed by atoms with Crippen LogP contribution in [0.25, 0.3) is 0 Å². The van der Waals surface area contributed by atoms with E-state index in [9.17, 15) is 23.5 Å². The quantitative estimate of drug-likeness (QED) is 0.913. The highest BCUT2D eigenvalue weighted by molar-refractivity contribution is 5.98. The van der Waals surface area contributed by atoms with Gasteiger partial charge < -0.3 is 10.4 Å². The van der Waals surface area contributed by atoms with Gasteiger partial charge in [-0.05, 0) is 36.2 Å². The molecule has 2 N–H and O–H groups in total. The van der Waals surface area contributed by atoms with Crippen LogP contribution in [-0.4, -0.2) is 17.0 Å². The monoisotopic (exact) mass is 305 g/mol. The van der Waals surface area contributed by atoms with Gasteiger partial charge in [0.15, 0.2) is 17.7 Å². The minimum absolute atomic E-state index is 0.0478. The Morgan fingerprint density at radius 1 is 1.09 bits per heavy atom. The fourth-order valence-corrected chi connectivity index (χ4v) is 2.02. The van der Waals surface area contributed by atoms with E-state index in [1.165, 1.54) is 0 Å². The Hall–Kier alpha value is -2.76. The van der Waals surface area contributed by atoms with Crippen molar-refractivity contribution in [3.05, 3.63) is 70.8 Å². The maximum atomic E-state index is 13.2. The highest BCUT2D eigenvalue weighted by Crippen LogP contribution is 2.18. The van der Waals surface area contributed by atoms with E-state index in [1.54, 1.807) is 31.2 Å². The molecule has 2 aromatic rings. The summed E-state index contributed by atoms with van der Waals surface area (Å²) >= 11 is 0. The van der Waals surface area contributed by atoms with Crippen molar-refractivity contribution in [2.45, 2.75) is 13.0 Å². The van der Waals surface area contributed by atoms with Gasteiger partial charge in [0, 0.05) is 5.56 Å². The molecule has 1 amide bonds. The van der Waals surface area contributed by atoms with E-state index in [-0.39, 0.29) is 5.56 Å². The summed E-state index contributed by atoms with van der Waals surface area (Å²) in [7, 11) is 0. The average molecular weight is 305 g/mol. The first-order valence-electron chi connectivity index (χ1n) is 6.44. The number of rotatable bonds is 4. The van der Waals surface area contributed by atoms with Gasteiger partial charge in [0.1, 0.15) is 0 Å². The lowest BCUT2D eigenvalue weighted by Gasteiger charge is -2.16. The van der Waals surface area contributed by atoms with Crippen molar-refractivity contribution in [3.63, 3.8) is 0 Å². The molecule has 0 radical (unpaired) electrons. The Balaban J connectivity index is 2.30. The summed E-state index contributed by atoms with van der Waals surface area (Å²) < 4.78 is 26.2. The predicted octanol–water partition coefficient (Wildman–Crippen LogP) is 2.83. The topological polar surface area (TPSA) is 66.4 Å². The Morgan fingerprint density at radius 2 is 1.77 bits per heavy atom. The molecule has 1 atom stereocenters. The summed E-state index contributed by atoms with van der Waals surface area (Å²) in [5.41, 5.74) is 0.944. The molecule has 0 fully saturated rings. The maximum absolute atomic E-state index is 13.2. The Morgan fingerprint density at radius 3 is 2.36 bits per heavy atom. The number of carboxylic acid groups (broad SMARTS) is 1. The minimum atomic E-state index is -1.47. The lowest BCUT2D eigenvalue weighted by atomic mass is 10.0. The summed E-state index contributed by atoms with van der Waals surface area (Å²) in [6.07, 6.45) is 0. The van der Waals surface area contributed by atoms with Gasteiger partial charge in [-0.1, -0.05) is 24.3 Å². The zero-order valence-corrected chi connectivity index (χ0v) is 11.6. The molecule has 0 bridgehead atoms. The largest absolute Gasteiger partial charge is 0.479 e. The van der Waals surface area contributed by atoms with Crippen LogP contribution in [0.1, 0.15) is 27.5 Å². The van der Waals surface area contributed by atoms with Crippen LogP contribution in [0, 0.1) is 18.6 Å². The summed E-state index contributed by atoms with van der Waals surface area (Å²) in [5, 5.41) is 11.5. The minimum Gasteiger partial charge on any atom is -0.479 e. The van der Waals surface area contributed by atoms with Crippen molar-refractivity contribution in [1.82, 2.24) is 5.32 Å². The number of carbonyl (C=O) groups is 2. The van der Waals surface area contributed by atoms with Crippen LogP contribution in [0.15, 0.2) is 42.5 Å². The number of amides is 1. The number of hydrogen-bond acceptors (Lipinski definition) is 2. The molecule has 1 unspecified atom stereocenters. The molecule has 114 valence electrons. The maximum Gasteiger partial charge on any atom is 0.330 e. The first-order chi connectivity index (χ1) is 10.4. The Labute approximate surface area is 125 Å². The molecule has 0 saturated carbocycles. The van der Waals surface area contributed by atoms with Crippen molar-refractivity contribution < 1.29 is 23.5 Å². The summed E-state index contributed by atoms with van der Waals surface area (Å²) in [6.45, 7) is 1.71. The number of nitrogens with one attached hydrogen (secondary N) is 1. The lowest BCUT2D eigenvalue weighted by Crippen LogP contribution is -2.34. The average Bonchev–Trinajstić information content (AvgIpc) is 2.47. The van der Waals surface area contributed by atoms with Crippen LogP contribution in [-0.2, 0) is 4.79 Å². The van der Waals surface area contributed by atoms with Crippen LogP contribution in [0.5, 0.6) is 0 Å². The molecule has 0 saturated heterocycles. The first-order valence-corrected chi connectivity index (χ1v) is 6.44. The second kappa shape index (κ2) is 6.34. The van der Waals surface area contributed by atoms with Crippen molar-refractivity contribution in [2.24, 2.45) is 0 Å². The van der Waals surface area contributed by atoms with Gasteiger partial charge in [0.05, 0.1) is 0 Å². The molecule has 4 nitrogen and oxygen atoms in total. The molecule has 0 spiro atoms. The van der Waals surface area contributed by atoms with Gasteiger partial charge in [-0.3, -0.25) is 4.79 Å². The van der Waals surface area contributed by atoms with E-state index < -0.39 is 29.6 Å². The van der Waals surface area contributed by atoms with Crippen LogP contribution in [0.2, 0.25) is 0 Å². The van der Waals surface area contributed by atoms with Crippen LogP contribution in [0.3, 0.4) is 0 Å². The number of halogens is 2. The third-order valence-electron chi connectivity index (χ3n) is 3.19. The molecule has 6 heteroatoms. The molecule has 0 aliphatic carbocycles. The van der Waals surface area contributed by atoms with Crippen molar-refractivity contribution >= 4 is 11.9 Å². The molecule has 0 heterocycles. The van der Waals surface area contributed by atoms with Crippen molar-refractivity contribution in [1.29, 1.82) is 0 Å². The predicted molar refractivity (Wildman–Crippen MR) is 75.4 cm³/mol. The zero-order valence-electron chi connectivity index (χ0n) is 11.6. The molecule has 0 aliphatic rings. The van der Waals surface area contributed by atoms with E-state index in [4.69, 9.17) is 0 Å². The van der Waals surface area contributed by atoms with Gasteiger partial charge in [-0.15, -0.1) is 0 Å². The molecule has 2 aromatic carbocycles. The molecular weight excluding hydrogens is 292 g/mol. The van der Waals surface area contributed by atoms with Crippen molar-refractivity contribution in [2.75, 3.05) is 0 Å². The van der Waals surface area contributed by atoms with E-state index in [0.29, 0.717) is 11.1 Å². The van der Waals surface area contributed by atoms with Crippen molar-refractivity contribution in [3.8, 4) is 0 Å². The third kappa shape index (κ3) is 3.28. The highest BCUT2D eigenvalue weighted by atomic mass is 19.2. The van der Waals surface area contributed by atoms with E-state index in [1.807, 2.05) is 0 Å². The number of carbonyl (C=O) groups excluding carboxylic acids is 1. The molecule has 0 aliphatic heterocycles. The second-order valence-corrected chi connectivity index (χ2v) is 4.73. The van der Waals surface area contributed by atoms with E-state index >= 15 is 0 Å². The van der Waals surface area contributed by atoms with Gasteiger partial charge in [-0.2, -0.15) is 0 Å². The van der Waals surface area contributed by atoms with E-state index in [0.717, 1.165) is 18.2 Å². The van der Waals surface area contributed by atoms with Gasteiger partial charge in [-0.25, -0.2) is 13.6 Å². The number of hydrogen-bond donors (Lipinski definition) is 2. The normalized spacial score (nSPS) is 11.8. The Kier molecular flexibility index (Phi) is 4.50. The number of carboxylic acids is 1. The molecule has 0 aromatic heterocycles. The molecule has 2 rings (SSSR count). The summed E-state index contributed by atoms with van der Waals surface area (Å²) in [4.78, 5) is 23.5. The van der Waals surface area contributed by atoms with Gasteiger partial charge >= 0.3 is 5.97 Å². The smallest absolute Gasteiger partial charge is 0.330 e. The number of aliphatic carboxylic acids is 1. The fraction of sp³-hybridized carbons (Fsp3) is 0.125. The summed E-state index contributed by atoms with van der Waals surface area (Å²) in [5.74, 6) is -4.23. The van der Waals surface area contributed by atoms with Crippen LogP contribution < -0.4 is 5.32 Å². The highest BCUT2D eigenvalue weighted by Gasteiger charge is 2.24. The Bertz CT molecular complexity index is 731.